The van der Waals surface area contributed by atoms with Crippen LogP contribution in [0.2, 0.25) is 0 Å². The Hall–Kier alpha value is 0.110. The van der Waals surface area contributed by atoms with Crippen LogP contribution in [0.1, 0.15) is 32.1 Å². The van der Waals surface area contributed by atoms with Crippen LogP contribution < -0.4 is 0 Å². The summed E-state index contributed by atoms with van der Waals surface area (Å²) < 4.78 is 0. The number of carbonyl (C=O) groups is 1. The van der Waals surface area contributed by atoms with Crippen LogP contribution in [-0.4, -0.2) is 40.8 Å². The molecule has 2 aliphatic rings. The van der Waals surface area contributed by atoms with E-state index in [-0.39, 0.29) is 5.38 Å². The van der Waals surface area contributed by atoms with Crippen molar-refractivity contribution in [3.63, 3.8) is 0 Å². The fraction of sp³-hybridized carbons (Fsp3) is 0.917. The monoisotopic (exact) mass is 261 g/mol. The summed E-state index contributed by atoms with van der Waals surface area (Å²) in [6.07, 6.45) is 5.32. The van der Waals surface area contributed by atoms with E-state index in [9.17, 15) is 4.79 Å². The molecule has 1 atom stereocenters. The van der Waals surface area contributed by atoms with E-state index >= 15 is 0 Å². The first-order chi connectivity index (χ1) is 7.75. The van der Waals surface area contributed by atoms with E-state index in [4.69, 9.17) is 11.6 Å². The molecule has 1 unspecified atom stereocenters. The molecule has 2 nitrogen and oxygen atoms in total. The Labute approximate surface area is 107 Å². The zero-order valence-corrected chi connectivity index (χ0v) is 11.2. The minimum atomic E-state index is 0.180. The largest absolute Gasteiger partial charge is 0.341 e. The molecule has 2 rings (SSSR count). The van der Waals surface area contributed by atoms with Gasteiger partial charge in [0, 0.05) is 19.5 Å². The molecule has 2 saturated heterocycles. The second-order valence-electron chi connectivity index (χ2n) is 4.84. The van der Waals surface area contributed by atoms with Gasteiger partial charge in [0.1, 0.15) is 0 Å². The maximum Gasteiger partial charge on any atom is 0.222 e. The van der Waals surface area contributed by atoms with E-state index < -0.39 is 0 Å². The lowest BCUT2D eigenvalue weighted by Crippen LogP contribution is -2.41. The molecule has 2 fully saturated rings. The van der Waals surface area contributed by atoms with Gasteiger partial charge < -0.3 is 4.90 Å². The number of hydrogen-bond donors (Lipinski definition) is 0. The third kappa shape index (κ3) is 3.56. The molecule has 0 aliphatic carbocycles. The molecule has 0 spiro atoms. The quantitative estimate of drug-likeness (QED) is 0.713. The summed E-state index contributed by atoms with van der Waals surface area (Å²) in [5, 5.41) is 0.180. The molecule has 0 saturated carbocycles. The van der Waals surface area contributed by atoms with Gasteiger partial charge in [0.2, 0.25) is 5.91 Å². The molecule has 16 heavy (non-hydrogen) atoms. The van der Waals surface area contributed by atoms with Crippen LogP contribution in [0.15, 0.2) is 0 Å². The van der Waals surface area contributed by atoms with Gasteiger partial charge >= 0.3 is 0 Å². The van der Waals surface area contributed by atoms with Crippen molar-refractivity contribution in [2.45, 2.75) is 37.5 Å². The fourth-order valence-corrected chi connectivity index (χ4v) is 4.00. The van der Waals surface area contributed by atoms with Gasteiger partial charge in [0.25, 0.3) is 0 Å². The number of rotatable bonds is 2. The van der Waals surface area contributed by atoms with Crippen molar-refractivity contribution in [1.29, 1.82) is 0 Å². The summed E-state index contributed by atoms with van der Waals surface area (Å²) in [6, 6.07) is 0. The van der Waals surface area contributed by atoms with Crippen molar-refractivity contribution in [2.24, 2.45) is 5.92 Å². The molecule has 2 aliphatic heterocycles. The van der Waals surface area contributed by atoms with E-state index in [2.05, 4.69) is 0 Å². The summed E-state index contributed by atoms with van der Waals surface area (Å²) in [4.78, 5) is 14.0. The van der Waals surface area contributed by atoms with Crippen LogP contribution in [0.25, 0.3) is 0 Å². The van der Waals surface area contributed by atoms with Gasteiger partial charge in [-0.2, -0.15) is 11.8 Å². The Balaban J connectivity index is 1.77. The van der Waals surface area contributed by atoms with Crippen LogP contribution in [0.5, 0.6) is 0 Å². The van der Waals surface area contributed by atoms with Crippen LogP contribution in [0.4, 0.5) is 0 Å². The van der Waals surface area contributed by atoms with Gasteiger partial charge in [-0.3, -0.25) is 4.79 Å². The molecule has 0 bridgehead atoms. The van der Waals surface area contributed by atoms with Crippen LogP contribution in [0.3, 0.4) is 0 Å². The first kappa shape index (κ1) is 12.6. The van der Waals surface area contributed by atoms with Crippen molar-refractivity contribution in [3.05, 3.63) is 0 Å². The third-order valence-electron chi connectivity index (χ3n) is 3.52. The molecule has 0 radical (unpaired) electrons. The van der Waals surface area contributed by atoms with Crippen LogP contribution in [-0.2, 0) is 4.79 Å². The Kier molecular flexibility index (Phi) is 4.83. The minimum Gasteiger partial charge on any atom is -0.341 e. The molecule has 0 N–H and O–H groups in total. The fourth-order valence-electron chi connectivity index (χ4n) is 2.48. The third-order valence-corrected chi connectivity index (χ3v) is 4.93. The van der Waals surface area contributed by atoms with E-state index in [1.54, 1.807) is 0 Å². The van der Waals surface area contributed by atoms with Gasteiger partial charge in [-0.15, -0.1) is 11.6 Å². The first-order valence-corrected chi connectivity index (χ1v) is 7.84. The van der Waals surface area contributed by atoms with Gasteiger partial charge in [0.15, 0.2) is 0 Å². The zero-order valence-electron chi connectivity index (χ0n) is 9.66. The second-order valence-corrected chi connectivity index (χ2v) is 6.68. The summed E-state index contributed by atoms with van der Waals surface area (Å²) >= 11 is 8.12. The lowest BCUT2D eigenvalue weighted by Gasteiger charge is -2.31. The van der Waals surface area contributed by atoms with Crippen LogP contribution >= 0.6 is 23.4 Å². The van der Waals surface area contributed by atoms with E-state index in [1.807, 2.05) is 16.7 Å². The molecule has 92 valence electrons. The topological polar surface area (TPSA) is 20.3 Å². The molecule has 0 aromatic rings. The summed E-state index contributed by atoms with van der Waals surface area (Å²) in [5.74, 6) is 3.43. The van der Waals surface area contributed by atoms with Gasteiger partial charge in [0.05, 0.1) is 5.38 Å². The molecule has 2 heterocycles. The van der Waals surface area contributed by atoms with Crippen molar-refractivity contribution in [3.8, 4) is 0 Å². The molecular weight excluding hydrogens is 242 g/mol. The number of likely N-dealkylation sites (tertiary alicyclic amines) is 1. The number of piperidine rings is 1. The second kappa shape index (κ2) is 6.15. The standard InChI is InChI=1S/C12H20ClNOS/c13-11-2-1-5-14(9-11)12(15)8-10-3-6-16-7-4-10/h10-11H,1-9H2. The maximum absolute atomic E-state index is 12.1. The number of halogens is 1. The first-order valence-electron chi connectivity index (χ1n) is 6.25. The average molecular weight is 262 g/mol. The molecular formula is C12H20ClNOS. The molecule has 0 aromatic heterocycles. The SMILES string of the molecule is O=C(CC1CCSCC1)N1CCCC(Cl)C1. The van der Waals surface area contributed by atoms with Gasteiger partial charge in [-0.25, -0.2) is 0 Å². The van der Waals surface area contributed by atoms with Gasteiger partial charge in [-0.1, -0.05) is 0 Å². The smallest absolute Gasteiger partial charge is 0.222 e. The lowest BCUT2D eigenvalue weighted by molar-refractivity contribution is -0.133. The minimum absolute atomic E-state index is 0.180. The van der Waals surface area contributed by atoms with Crippen LogP contribution in [0, 0.1) is 5.92 Å². The lowest BCUT2D eigenvalue weighted by atomic mass is 9.97. The van der Waals surface area contributed by atoms with E-state index in [1.165, 1.54) is 24.3 Å². The predicted molar refractivity (Wildman–Crippen MR) is 70.1 cm³/mol. The molecule has 4 heteroatoms. The van der Waals surface area contributed by atoms with E-state index in [0.717, 1.165) is 32.4 Å². The number of thioether (sulfide) groups is 1. The highest BCUT2D eigenvalue weighted by molar-refractivity contribution is 7.99. The average Bonchev–Trinajstić information content (AvgIpc) is 2.30. The van der Waals surface area contributed by atoms with E-state index in [0.29, 0.717) is 11.8 Å². The number of hydrogen-bond acceptors (Lipinski definition) is 2. The highest BCUT2D eigenvalue weighted by atomic mass is 35.5. The summed E-state index contributed by atoms with van der Waals surface area (Å²) in [7, 11) is 0. The number of amides is 1. The number of carbonyl (C=O) groups excluding carboxylic acids is 1. The van der Waals surface area contributed by atoms with Crippen molar-refractivity contribution in [2.75, 3.05) is 24.6 Å². The summed E-state index contributed by atoms with van der Waals surface area (Å²) in [5.41, 5.74) is 0. The highest BCUT2D eigenvalue weighted by Gasteiger charge is 2.25. The summed E-state index contributed by atoms with van der Waals surface area (Å²) in [6.45, 7) is 1.69. The van der Waals surface area contributed by atoms with Crippen molar-refractivity contribution >= 4 is 29.3 Å². The molecule has 1 amide bonds. The number of alkyl halides is 1. The number of nitrogens with zero attached hydrogens (tertiary/aromatic N) is 1. The predicted octanol–water partition coefficient (Wildman–Crippen LogP) is 2.75. The van der Waals surface area contributed by atoms with Crippen molar-refractivity contribution < 1.29 is 4.79 Å². The molecule has 0 aromatic carbocycles. The normalized spacial score (nSPS) is 28.1. The van der Waals surface area contributed by atoms with Gasteiger partial charge in [-0.05, 0) is 43.1 Å². The Morgan fingerprint density at radius 3 is 2.75 bits per heavy atom. The Morgan fingerprint density at radius 1 is 1.31 bits per heavy atom. The highest BCUT2D eigenvalue weighted by Crippen LogP contribution is 2.26. The Bertz CT molecular complexity index is 243. The van der Waals surface area contributed by atoms with Crippen molar-refractivity contribution in [1.82, 2.24) is 4.90 Å². The maximum atomic E-state index is 12.1. The zero-order chi connectivity index (χ0) is 11.4. The Morgan fingerprint density at radius 2 is 2.06 bits per heavy atom.